The number of non-ortho nitro benzene ring substituents is 1. The van der Waals surface area contributed by atoms with E-state index in [0.717, 1.165) is 15.7 Å². The first-order chi connectivity index (χ1) is 12.1. The summed E-state index contributed by atoms with van der Waals surface area (Å²) in [6, 6.07) is 14.1. The van der Waals surface area contributed by atoms with E-state index in [0.29, 0.717) is 23.7 Å². The molecule has 1 aromatic heterocycles. The van der Waals surface area contributed by atoms with Crippen LogP contribution in [-0.4, -0.2) is 19.7 Å². The zero-order chi connectivity index (χ0) is 17.8. The summed E-state index contributed by atoms with van der Waals surface area (Å²) in [6.07, 6.45) is 0. The van der Waals surface area contributed by atoms with Crippen molar-refractivity contribution in [3.63, 3.8) is 0 Å². The van der Waals surface area contributed by atoms with Crippen LogP contribution in [0.5, 0.6) is 0 Å². The topological polar surface area (TPSA) is 73.8 Å². The second kappa shape index (κ2) is 7.67. The summed E-state index contributed by atoms with van der Waals surface area (Å²) in [7, 11) is 0. The van der Waals surface area contributed by atoms with E-state index in [-0.39, 0.29) is 5.69 Å². The molecule has 0 bridgehead atoms. The predicted molar refractivity (Wildman–Crippen MR) is 98.8 cm³/mol. The van der Waals surface area contributed by atoms with Gasteiger partial charge in [-0.25, -0.2) is 0 Å². The lowest BCUT2D eigenvalue weighted by atomic mass is 10.2. The van der Waals surface area contributed by atoms with Gasteiger partial charge in [-0.2, -0.15) is 0 Å². The average molecular weight is 375 g/mol. The van der Waals surface area contributed by atoms with Crippen molar-refractivity contribution >= 4 is 29.1 Å². The van der Waals surface area contributed by atoms with Gasteiger partial charge in [-0.15, -0.1) is 10.2 Å². The maximum atomic E-state index is 11.0. The van der Waals surface area contributed by atoms with Gasteiger partial charge in [-0.05, 0) is 18.6 Å². The molecule has 0 atom stereocenters. The van der Waals surface area contributed by atoms with Crippen LogP contribution < -0.4 is 0 Å². The number of nitro benzene ring substituents is 1. The highest BCUT2D eigenvalue weighted by atomic mass is 35.5. The number of hydrogen-bond donors (Lipinski definition) is 0. The van der Waals surface area contributed by atoms with Crippen LogP contribution in [0.3, 0.4) is 0 Å². The highest BCUT2D eigenvalue weighted by Crippen LogP contribution is 2.29. The number of thioether (sulfide) groups is 1. The molecule has 8 heteroatoms. The van der Waals surface area contributed by atoms with Crippen molar-refractivity contribution in [1.29, 1.82) is 0 Å². The SMILES string of the molecule is CCn1c(SCc2ccccc2Cl)nnc1-c1cccc([N+](=O)[O-])c1. The molecule has 2 aromatic carbocycles. The Labute approximate surface area is 154 Å². The third-order valence-corrected chi connectivity index (χ3v) is 5.05. The number of rotatable bonds is 6. The first kappa shape index (κ1) is 17.4. The maximum absolute atomic E-state index is 11.0. The van der Waals surface area contributed by atoms with Crippen LogP contribution in [-0.2, 0) is 12.3 Å². The Morgan fingerprint density at radius 3 is 2.72 bits per heavy atom. The predicted octanol–water partition coefficient (Wildman–Crippen LogP) is 4.82. The van der Waals surface area contributed by atoms with Crippen LogP contribution in [0, 0.1) is 10.1 Å². The highest BCUT2D eigenvalue weighted by Gasteiger charge is 2.16. The van der Waals surface area contributed by atoms with Crippen molar-refractivity contribution in [1.82, 2.24) is 14.8 Å². The Kier molecular flexibility index (Phi) is 5.35. The van der Waals surface area contributed by atoms with E-state index in [1.807, 2.05) is 35.8 Å². The Morgan fingerprint density at radius 2 is 2.00 bits per heavy atom. The van der Waals surface area contributed by atoms with Gasteiger partial charge >= 0.3 is 0 Å². The van der Waals surface area contributed by atoms with E-state index in [2.05, 4.69) is 10.2 Å². The van der Waals surface area contributed by atoms with Gasteiger partial charge in [0.15, 0.2) is 11.0 Å². The quantitative estimate of drug-likeness (QED) is 0.351. The second-order valence-electron chi connectivity index (χ2n) is 5.24. The molecule has 0 radical (unpaired) electrons. The smallest absolute Gasteiger partial charge is 0.270 e. The molecule has 0 N–H and O–H groups in total. The van der Waals surface area contributed by atoms with E-state index >= 15 is 0 Å². The lowest BCUT2D eigenvalue weighted by molar-refractivity contribution is -0.384. The van der Waals surface area contributed by atoms with Gasteiger partial charge in [-0.1, -0.05) is 53.7 Å². The highest BCUT2D eigenvalue weighted by molar-refractivity contribution is 7.98. The molecule has 0 spiro atoms. The van der Waals surface area contributed by atoms with Crippen LogP contribution in [0.4, 0.5) is 5.69 Å². The van der Waals surface area contributed by atoms with Crippen LogP contribution >= 0.6 is 23.4 Å². The number of hydrogen-bond acceptors (Lipinski definition) is 5. The number of benzene rings is 2. The third kappa shape index (κ3) is 3.83. The molecule has 6 nitrogen and oxygen atoms in total. The summed E-state index contributed by atoms with van der Waals surface area (Å²) < 4.78 is 1.95. The fourth-order valence-corrected chi connectivity index (χ4v) is 3.70. The van der Waals surface area contributed by atoms with E-state index < -0.39 is 4.92 Å². The first-order valence-corrected chi connectivity index (χ1v) is 9.00. The second-order valence-corrected chi connectivity index (χ2v) is 6.59. The van der Waals surface area contributed by atoms with Gasteiger partial charge in [0, 0.05) is 35.0 Å². The third-order valence-electron chi connectivity index (χ3n) is 3.66. The van der Waals surface area contributed by atoms with Crippen LogP contribution in [0.1, 0.15) is 12.5 Å². The summed E-state index contributed by atoms with van der Waals surface area (Å²) in [5.41, 5.74) is 1.73. The largest absolute Gasteiger partial charge is 0.302 e. The molecule has 1 heterocycles. The molecule has 0 amide bonds. The number of nitrogens with zero attached hydrogens (tertiary/aromatic N) is 4. The molecule has 0 saturated carbocycles. The molecular formula is C17H15ClN4O2S. The summed E-state index contributed by atoms with van der Waals surface area (Å²) in [5.74, 6) is 1.29. The van der Waals surface area contributed by atoms with Crippen molar-refractivity contribution in [3.8, 4) is 11.4 Å². The Bertz CT molecular complexity index is 913. The summed E-state index contributed by atoms with van der Waals surface area (Å²) in [4.78, 5) is 10.6. The van der Waals surface area contributed by atoms with Crippen molar-refractivity contribution in [2.24, 2.45) is 0 Å². The number of halogens is 1. The molecule has 3 rings (SSSR count). The van der Waals surface area contributed by atoms with Crippen molar-refractivity contribution in [3.05, 3.63) is 69.2 Å². The molecule has 3 aromatic rings. The van der Waals surface area contributed by atoms with Gasteiger partial charge in [0.05, 0.1) is 4.92 Å². The lowest BCUT2D eigenvalue weighted by Gasteiger charge is -2.08. The van der Waals surface area contributed by atoms with E-state index in [1.165, 1.54) is 23.9 Å². The summed E-state index contributed by atoms with van der Waals surface area (Å²) in [6.45, 7) is 2.65. The van der Waals surface area contributed by atoms with Crippen molar-refractivity contribution in [2.45, 2.75) is 24.4 Å². The molecule has 128 valence electrons. The van der Waals surface area contributed by atoms with Gasteiger partial charge in [0.2, 0.25) is 0 Å². The van der Waals surface area contributed by atoms with Crippen LogP contribution in [0.15, 0.2) is 53.7 Å². The standard InChI is InChI=1S/C17H15ClN4O2S/c1-2-21-16(12-7-5-8-14(10-12)22(23)24)19-20-17(21)25-11-13-6-3-4-9-15(13)18/h3-10H,2,11H2,1H3. The zero-order valence-electron chi connectivity index (χ0n) is 13.4. The minimum Gasteiger partial charge on any atom is -0.302 e. The maximum Gasteiger partial charge on any atom is 0.270 e. The minimum absolute atomic E-state index is 0.0356. The van der Waals surface area contributed by atoms with Gasteiger partial charge in [0.1, 0.15) is 0 Å². The van der Waals surface area contributed by atoms with E-state index in [4.69, 9.17) is 11.6 Å². The molecule has 0 fully saturated rings. The van der Waals surface area contributed by atoms with Gasteiger partial charge < -0.3 is 4.57 Å². The van der Waals surface area contributed by atoms with E-state index in [1.54, 1.807) is 12.1 Å². The fourth-order valence-electron chi connectivity index (χ4n) is 2.41. The van der Waals surface area contributed by atoms with E-state index in [9.17, 15) is 10.1 Å². The zero-order valence-corrected chi connectivity index (χ0v) is 15.0. The monoisotopic (exact) mass is 374 g/mol. The van der Waals surface area contributed by atoms with Gasteiger partial charge in [0.25, 0.3) is 5.69 Å². The average Bonchev–Trinajstić information content (AvgIpc) is 3.04. The van der Waals surface area contributed by atoms with Crippen LogP contribution in [0.2, 0.25) is 5.02 Å². The Morgan fingerprint density at radius 1 is 1.20 bits per heavy atom. The lowest BCUT2D eigenvalue weighted by Crippen LogP contribution is -2.00. The van der Waals surface area contributed by atoms with Crippen molar-refractivity contribution in [2.75, 3.05) is 0 Å². The Balaban J connectivity index is 1.87. The number of nitro groups is 1. The molecule has 0 saturated heterocycles. The number of aromatic nitrogens is 3. The first-order valence-electron chi connectivity index (χ1n) is 7.64. The molecule has 0 aliphatic carbocycles. The normalized spacial score (nSPS) is 10.8. The van der Waals surface area contributed by atoms with Crippen LogP contribution in [0.25, 0.3) is 11.4 Å². The Hall–Kier alpha value is -2.38. The molecular weight excluding hydrogens is 360 g/mol. The fraction of sp³-hybridized carbons (Fsp3) is 0.176. The molecule has 0 aliphatic rings. The minimum atomic E-state index is -0.413. The molecule has 25 heavy (non-hydrogen) atoms. The molecule has 0 unspecified atom stereocenters. The summed E-state index contributed by atoms with van der Waals surface area (Å²) >= 11 is 7.73. The van der Waals surface area contributed by atoms with Gasteiger partial charge in [-0.3, -0.25) is 10.1 Å². The summed E-state index contributed by atoms with van der Waals surface area (Å²) in [5, 5.41) is 20.9. The molecule has 0 aliphatic heterocycles. The van der Waals surface area contributed by atoms with Crippen molar-refractivity contribution < 1.29 is 4.92 Å².